The third-order valence-electron chi connectivity index (χ3n) is 4.96. The fourth-order valence-electron chi connectivity index (χ4n) is 3.73. The molecule has 0 radical (unpaired) electrons. The Balaban J connectivity index is 1.94. The van der Waals surface area contributed by atoms with Gasteiger partial charge in [0.15, 0.2) is 0 Å². The number of allylic oxidation sites excluding steroid dienone is 2. The quantitative estimate of drug-likeness (QED) is 0.610. The summed E-state index contributed by atoms with van der Waals surface area (Å²) in [6.45, 7) is 3.98. The zero-order valence-electron chi connectivity index (χ0n) is 14.4. The van der Waals surface area contributed by atoms with Crippen molar-refractivity contribution < 1.29 is 14.4 Å². The molecule has 0 spiro atoms. The number of hydrogen-bond acceptors (Lipinski definition) is 3. The van der Waals surface area contributed by atoms with Crippen LogP contribution in [0.5, 0.6) is 0 Å². The van der Waals surface area contributed by atoms with Crippen LogP contribution >= 0.6 is 11.6 Å². The van der Waals surface area contributed by atoms with Crippen LogP contribution in [0.1, 0.15) is 53.8 Å². The van der Waals surface area contributed by atoms with Gasteiger partial charge in [-0.25, -0.2) is 0 Å². The van der Waals surface area contributed by atoms with Crippen molar-refractivity contribution in [2.45, 2.75) is 33.1 Å². The van der Waals surface area contributed by atoms with Gasteiger partial charge < -0.3 is 0 Å². The van der Waals surface area contributed by atoms with E-state index in [-0.39, 0.29) is 36.2 Å². The van der Waals surface area contributed by atoms with Crippen LogP contribution in [0.4, 0.5) is 0 Å². The molecule has 0 aromatic heterocycles. The molecule has 1 aliphatic heterocycles. The molecule has 3 rings (SSSR count). The van der Waals surface area contributed by atoms with Crippen LogP contribution < -0.4 is 0 Å². The number of carbonyl (C=O) groups is 3. The lowest BCUT2D eigenvalue weighted by atomic mass is 9.88. The molecule has 132 valence electrons. The standard InChI is InChI=1S/C19H21ClN2O3/c1-12-6-5-7-13(2)17(12)21(16(23)10-20)11-22-18(24)14-8-3-4-9-15(14)19(22)25/h3-4,8-9,12H,5-7,10-11H2,1-2H3. The van der Waals surface area contributed by atoms with Gasteiger partial charge in [-0.1, -0.05) is 24.6 Å². The number of fused-ring (bicyclic) bond motifs is 1. The summed E-state index contributed by atoms with van der Waals surface area (Å²) >= 11 is 5.81. The smallest absolute Gasteiger partial charge is 0.263 e. The van der Waals surface area contributed by atoms with Crippen molar-refractivity contribution in [3.8, 4) is 0 Å². The highest BCUT2D eigenvalue weighted by Crippen LogP contribution is 2.33. The fraction of sp³-hybridized carbons (Fsp3) is 0.421. The molecule has 0 fully saturated rings. The van der Waals surface area contributed by atoms with E-state index in [0.717, 1.165) is 35.4 Å². The van der Waals surface area contributed by atoms with Crippen LogP contribution in [-0.4, -0.2) is 40.1 Å². The fourth-order valence-corrected chi connectivity index (χ4v) is 3.87. The molecular weight excluding hydrogens is 340 g/mol. The van der Waals surface area contributed by atoms with E-state index in [0.29, 0.717) is 11.1 Å². The van der Waals surface area contributed by atoms with Crippen molar-refractivity contribution in [3.05, 3.63) is 46.7 Å². The number of halogens is 1. The number of hydrogen-bond donors (Lipinski definition) is 0. The van der Waals surface area contributed by atoms with Gasteiger partial charge in [-0.05, 0) is 44.2 Å². The van der Waals surface area contributed by atoms with Crippen molar-refractivity contribution in [1.29, 1.82) is 0 Å². The highest BCUT2D eigenvalue weighted by atomic mass is 35.5. The minimum atomic E-state index is -0.366. The van der Waals surface area contributed by atoms with Crippen molar-refractivity contribution in [2.24, 2.45) is 5.92 Å². The number of carbonyl (C=O) groups excluding carboxylic acids is 3. The van der Waals surface area contributed by atoms with Crippen LogP contribution in [0.3, 0.4) is 0 Å². The van der Waals surface area contributed by atoms with E-state index >= 15 is 0 Å². The number of rotatable bonds is 4. The monoisotopic (exact) mass is 360 g/mol. The first kappa shape index (κ1) is 17.7. The minimum absolute atomic E-state index is 0.0884. The summed E-state index contributed by atoms with van der Waals surface area (Å²) in [4.78, 5) is 40.4. The zero-order valence-corrected chi connectivity index (χ0v) is 15.2. The highest BCUT2D eigenvalue weighted by Gasteiger charge is 2.38. The number of benzene rings is 1. The Kier molecular flexibility index (Phi) is 4.95. The predicted octanol–water partition coefficient (Wildman–Crippen LogP) is 3.40. The predicted molar refractivity (Wildman–Crippen MR) is 95.1 cm³/mol. The van der Waals surface area contributed by atoms with Crippen molar-refractivity contribution >= 4 is 29.3 Å². The van der Waals surface area contributed by atoms with Gasteiger partial charge in [-0.15, -0.1) is 11.6 Å². The maximum absolute atomic E-state index is 12.6. The van der Waals surface area contributed by atoms with Gasteiger partial charge >= 0.3 is 0 Å². The first-order chi connectivity index (χ1) is 12.0. The van der Waals surface area contributed by atoms with Crippen molar-refractivity contribution in [1.82, 2.24) is 9.80 Å². The third kappa shape index (κ3) is 3.09. The van der Waals surface area contributed by atoms with E-state index in [2.05, 4.69) is 6.92 Å². The Morgan fingerprint density at radius 1 is 1.24 bits per heavy atom. The first-order valence-corrected chi connectivity index (χ1v) is 9.00. The van der Waals surface area contributed by atoms with Crippen LogP contribution in [0, 0.1) is 5.92 Å². The average Bonchev–Trinajstić information content (AvgIpc) is 2.85. The number of nitrogens with zero attached hydrogens (tertiary/aromatic N) is 2. The van der Waals surface area contributed by atoms with E-state index in [1.54, 1.807) is 24.3 Å². The van der Waals surface area contributed by atoms with E-state index in [9.17, 15) is 14.4 Å². The van der Waals surface area contributed by atoms with E-state index in [1.807, 2.05) is 6.92 Å². The van der Waals surface area contributed by atoms with Gasteiger partial charge in [0, 0.05) is 5.70 Å². The van der Waals surface area contributed by atoms with Crippen molar-refractivity contribution in [2.75, 3.05) is 12.5 Å². The SMILES string of the molecule is CC1=C(N(CN2C(=O)c3ccccc3C2=O)C(=O)CCl)C(C)CCC1. The zero-order chi connectivity index (χ0) is 18.1. The molecule has 1 heterocycles. The minimum Gasteiger partial charge on any atom is -0.296 e. The van der Waals surface area contributed by atoms with Gasteiger partial charge in [-0.2, -0.15) is 0 Å². The Bertz CT molecular complexity index is 737. The molecule has 1 aromatic carbocycles. The Morgan fingerprint density at radius 3 is 2.36 bits per heavy atom. The van der Waals surface area contributed by atoms with Gasteiger partial charge in [-0.3, -0.25) is 24.2 Å². The molecule has 1 aromatic rings. The second-order valence-electron chi connectivity index (χ2n) is 6.64. The molecule has 1 unspecified atom stereocenters. The molecular formula is C19H21ClN2O3. The summed E-state index contributed by atoms with van der Waals surface area (Å²) in [5.41, 5.74) is 2.78. The Labute approximate surface area is 152 Å². The number of imide groups is 1. The van der Waals surface area contributed by atoms with E-state index < -0.39 is 0 Å². The molecule has 1 atom stereocenters. The molecule has 25 heavy (non-hydrogen) atoms. The second-order valence-corrected chi connectivity index (χ2v) is 6.91. The normalized spacial score (nSPS) is 20.1. The lowest BCUT2D eigenvalue weighted by Crippen LogP contribution is -2.46. The van der Waals surface area contributed by atoms with Crippen LogP contribution in [0.15, 0.2) is 35.5 Å². The summed E-state index contributed by atoms with van der Waals surface area (Å²) in [7, 11) is 0. The summed E-state index contributed by atoms with van der Waals surface area (Å²) in [6, 6.07) is 6.73. The maximum atomic E-state index is 12.6. The Morgan fingerprint density at radius 2 is 1.84 bits per heavy atom. The molecule has 0 N–H and O–H groups in total. The molecule has 5 nitrogen and oxygen atoms in total. The van der Waals surface area contributed by atoms with E-state index in [1.165, 1.54) is 4.90 Å². The lowest BCUT2D eigenvalue weighted by Gasteiger charge is -2.35. The van der Waals surface area contributed by atoms with Gasteiger partial charge in [0.2, 0.25) is 5.91 Å². The topological polar surface area (TPSA) is 57.7 Å². The van der Waals surface area contributed by atoms with Gasteiger partial charge in [0.25, 0.3) is 11.8 Å². The maximum Gasteiger partial charge on any atom is 0.263 e. The second kappa shape index (κ2) is 7.00. The van der Waals surface area contributed by atoms with Gasteiger partial charge in [0.1, 0.15) is 12.5 Å². The average molecular weight is 361 g/mol. The molecule has 2 aliphatic rings. The largest absolute Gasteiger partial charge is 0.296 e. The summed E-state index contributed by atoms with van der Waals surface area (Å²) in [5, 5.41) is 0. The first-order valence-electron chi connectivity index (χ1n) is 8.47. The van der Waals surface area contributed by atoms with Gasteiger partial charge in [0.05, 0.1) is 11.1 Å². The van der Waals surface area contributed by atoms with Crippen LogP contribution in [0.25, 0.3) is 0 Å². The molecule has 1 aliphatic carbocycles. The molecule has 0 saturated heterocycles. The van der Waals surface area contributed by atoms with E-state index in [4.69, 9.17) is 11.6 Å². The Hall–Kier alpha value is -2.14. The molecule has 0 bridgehead atoms. The molecule has 6 heteroatoms. The lowest BCUT2D eigenvalue weighted by molar-refractivity contribution is -0.128. The molecule has 3 amide bonds. The van der Waals surface area contributed by atoms with Crippen LogP contribution in [0.2, 0.25) is 0 Å². The summed E-state index contributed by atoms with van der Waals surface area (Å²) in [6.07, 6.45) is 2.96. The highest BCUT2D eigenvalue weighted by molar-refractivity contribution is 6.27. The summed E-state index contributed by atoms with van der Waals surface area (Å²) in [5.74, 6) is -1.02. The van der Waals surface area contributed by atoms with Crippen LogP contribution in [-0.2, 0) is 4.79 Å². The third-order valence-corrected chi connectivity index (χ3v) is 5.19. The summed E-state index contributed by atoms with van der Waals surface area (Å²) < 4.78 is 0. The number of alkyl halides is 1. The number of amides is 3. The molecule has 0 saturated carbocycles. The van der Waals surface area contributed by atoms with Crippen molar-refractivity contribution in [3.63, 3.8) is 0 Å².